The van der Waals surface area contributed by atoms with Gasteiger partial charge in [0.2, 0.25) is 0 Å². The summed E-state index contributed by atoms with van der Waals surface area (Å²) >= 11 is 3.41. The molecular formula is C27H23BrN4O2. The van der Waals surface area contributed by atoms with Gasteiger partial charge < -0.3 is 10.1 Å². The molecule has 6 nitrogen and oxygen atoms in total. The Hall–Kier alpha value is -3.71. The minimum Gasteiger partial charge on any atom is -0.478 e. The lowest BCUT2D eigenvalue weighted by Crippen LogP contribution is -2.42. The fourth-order valence-electron chi connectivity index (χ4n) is 3.81. The van der Waals surface area contributed by atoms with Crippen molar-refractivity contribution < 1.29 is 9.53 Å². The minimum atomic E-state index is -1.07. The standard InChI is InChI=1S/C27H23BrN4O2/c1-17-15-23-24(31-32(30-23)25-10-6-8-18-7-4-5-9-21(18)25)16-22(17)29-26(33)27(2,3)34-20-13-11-19(28)12-14-20/h4-16H,1-3H3,(H,29,33). The second-order valence-corrected chi connectivity index (χ2v) is 9.58. The van der Waals surface area contributed by atoms with E-state index in [-0.39, 0.29) is 5.91 Å². The maximum atomic E-state index is 13.1. The Morgan fingerprint density at radius 1 is 0.941 bits per heavy atom. The lowest BCUT2D eigenvalue weighted by molar-refractivity contribution is -0.128. The molecule has 0 fully saturated rings. The number of nitrogens with one attached hydrogen (secondary N) is 1. The van der Waals surface area contributed by atoms with Crippen molar-refractivity contribution in [2.45, 2.75) is 26.4 Å². The first-order chi connectivity index (χ1) is 16.3. The van der Waals surface area contributed by atoms with Gasteiger partial charge in [0.1, 0.15) is 16.8 Å². The number of anilines is 1. The van der Waals surface area contributed by atoms with Crippen LogP contribution in [0.1, 0.15) is 19.4 Å². The number of hydrogen-bond acceptors (Lipinski definition) is 4. The summed E-state index contributed by atoms with van der Waals surface area (Å²) < 4.78 is 6.90. The van der Waals surface area contributed by atoms with Gasteiger partial charge in [0.05, 0.1) is 5.69 Å². The van der Waals surface area contributed by atoms with Crippen LogP contribution in [0.15, 0.2) is 83.3 Å². The second-order valence-electron chi connectivity index (χ2n) is 8.66. The van der Waals surface area contributed by atoms with Gasteiger partial charge in [-0.2, -0.15) is 0 Å². The van der Waals surface area contributed by atoms with E-state index in [1.54, 1.807) is 18.6 Å². The highest BCUT2D eigenvalue weighted by Crippen LogP contribution is 2.27. The maximum Gasteiger partial charge on any atom is 0.267 e. The van der Waals surface area contributed by atoms with E-state index in [9.17, 15) is 4.79 Å². The van der Waals surface area contributed by atoms with E-state index in [1.807, 2.05) is 67.6 Å². The number of benzene rings is 4. The molecule has 34 heavy (non-hydrogen) atoms. The van der Waals surface area contributed by atoms with Crippen LogP contribution in [0.5, 0.6) is 5.75 Å². The highest BCUT2D eigenvalue weighted by atomic mass is 79.9. The number of fused-ring (bicyclic) bond motifs is 2. The Balaban J connectivity index is 1.43. The third kappa shape index (κ3) is 4.26. The summed E-state index contributed by atoms with van der Waals surface area (Å²) in [5, 5.41) is 14.6. The first-order valence-corrected chi connectivity index (χ1v) is 11.7. The molecule has 170 valence electrons. The van der Waals surface area contributed by atoms with Crippen LogP contribution in [0, 0.1) is 6.92 Å². The van der Waals surface area contributed by atoms with Crippen LogP contribution in [0.3, 0.4) is 0 Å². The number of aryl methyl sites for hydroxylation is 1. The number of ether oxygens (including phenoxy) is 1. The summed E-state index contributed by atoms with van der Waals surface area (Å²) in [4.78, 5) is 14.7. The van der Waals surface area contributed by atoms with E-state index < -0.39 is 5.60 Å². The van der Waals surface area contributed by atoms with Crippen LogP contribution in [0.4, 0.5) is 5.69 Å². The Bertz CT molecular complexity index is 1520. The van der Waals surface area contributed by atoms with Crippen molar-refractivity contribution in [3.63, 3.8) is 0 Å². The summed E-state index contributed by atoms with van der Waals surface area (Å²) in [6.45, 7) is 5.43. The van der Waals surface area contributed by atoms with Crippen LogP contribution < -0.4 is 10.1 Å². The van der Waals surface area contributed by atoms with Gasteiger partial charge in [0, 0.05) is 15.5 Å². The molecule has 0 saturated carbocycles. The molecular weight excluding hydrogens is 492 g/mol. The molecule has 7 heteroatoms. The summed E-state index contributed by atoms with van der Waals surface area (Å²) in [5.41, 5.74) is 2.85. The van der Waals surface area contributed by atoms with Crippen molar-refractivity contribution in [1.82, 2.24) is 15.0 Å². The van der Waals surface area contributed by atoms with E-state index in [2.05, 4.69) is 39.4 Å². The molecule has 4 aromatic carbocycles. The topological polar surface area (TPSA) is 69.0 Å². The lowest BCUT2D eigenvalue weighted by atomic mass is 10.1. The molecule has 5 aromatic rings. The van der Waals surface area contributed by atoms with Crippen molar-refractivity contribution in [2.24, 2.45) is 0 Å². The number of amides is 1. The quantitative estimate of drug-likeness (QED) is 0.293. The van der Waals surface area contributed by atoms with Gasteiger partial charge in [-0.3, -0.25) is 4.79 Å². The third-order valence-electron chi connectivity index (χ3n) is 5.69. The number of rotatable bonds is 5. The summed E-state index contributed by atoms with van der Waals surface area (Å²) in [6, 6.07) is 25.4. The number of halogens is 1. The van der Waals surface area contributed by atoms with Gasteiger partial charge in [-0.05, 0) is 74.2 Å². The number of nitrogens with zero attached hydrogens (tertiary/aromatic N) is 3. The molecule has 0 radical (unpaired) electrons. The van der Waals surface area contributed by atoms with Crippen molar-refractivity contribution in [1.29, 1.82) is 0 Å². The average Bonchev–Trinajstić information content (AvgIpc) is 3.22. The normalized spacial score (nSPS) is 11.6. The van der Waals surface area contributed by atoms with E-state index in [0.717, 1.165) is 32.0 Å². The first kappa shape index (κ1) is 22.1. The average molecular weight is 515 g/mol. The van der Waals surface area contributed by atoms with Gasteiger partial charge in [0.25, 0.3) is 5.91 Å². The van der Waals surface area contributed by atoms with Crippen molar-refractivity contribution >= 4 is 49.3 Å². The van der Waals surface area contributed by atoms with E-state index in [1.165, 1.54) is 0 Å². The molecule has 0 aliphatic rings. The SMILES string of the molecule is Cc1cc2nn(-c3cccc4ccccc34)nc2cc1NC(=O)C(C)(C)Oc1ccc(Br)cc1. The van der Waals surface area contributed by atoms with Gasteiger partial charge in [0.15, 0.2) is 5.60 Å². The Morgan fingerprint density at radius 2 is 1.62 bits per heavy atom. The summed E-state index contributed by atoms with van der Waals surface area (Å²) in [6.07, 6.45) is 0. The molecule has 0 unspecified atom stereocenters. The largest absolute Gasteiger partial charge is 0.478 e. The first-order valence-electron chi connectivity index (χ1n) is 10.9. The van der Waals surface area contributed by atoms with Crippen molar-refractivity contribution in [3.8, 4) is 11.4 Å². The molecule has 5 rings (SSSR count). The van der Waals surface area contributed by atoms with E-state index >= 15 is 0 Å². The summed E-state index contributed by atoms with van der Waals surface area (Å²) in [5.74, 6) is 0.368. The highest BCUT2D eigenvalue weighted by Gasteiger charge is 2.30. The van der Waals surface area contributed by atoms with Gasteiger partial charge in [-0.15, -0.1) is 15.0 Å². The molecule has 0 bridgehead atoms. The fraction of sp³-hybridized carbons (Fsp3) is 0.148. The molecule has 1 heterocycles. The highest BCUT2D eigenvalue weighted by molar-refractivity contribution is 9.10. The van der Waals surface area contributed by atoms with Gasteiger partial charge in [-0.1, -0.05) is 52.3 Å². The van der Waals surface area contributed by atoms with E-state index in [0.29, 0.717) is 17.0 Å². The van der Waals surface area contributed by atoms with Crippen molar-refractivity contribution in [3.05, 3.63) is 88.9 Å². The summed E-state index contributed by atoms with van der Waals surface area (Å²) in [7, 11) is 0. The Kier molecular flexibility index (Phi) is 5.57. The molecule has 1 aromatic heterocycles. The second kappa shape index (κ2) is 8.57. The predicted molar refractivity (Wildman–Crippen MR) is 139 cm³/mol. The van der Waals surface area contributed by atoms with E-state index in [4.69, 9.17) is 14.9 Å². The zero-order valence-electron chi connectivity index (χ0n) is 19.0. The Labute approximate surface area is 205 Å². The smallest absolute Gasteiger partial charge is 0.267 e. The van der Waals surface area contributed by atoms with Crippen LogP contribution in [-0.2, 0) is 4.79 Å². The third-order valence-corrected chi connectivity index (χ3v) is 6.22. The molecule has 0 spiro atoms. The number of hydrogen-bond donors (Lipinski definition) is 1. The Morgan fingerprint density at radius 3 is 2.38 bits per heavy atom. The molecule has 0 atom stereocenters. The number of carbonyl (C=O) groups excluding carboxylic acids is 1. The predicted octanol–water partition coefficient (Wildman–Crippen LogP) is 6.44. The molecule has 1 amide bonds. The molecule has 1 N–H and O–H groups in total. The van der Waals surface area contributed by atoms with Crippen LogP contribution in [-0.4, -0.2) is 26.5 Å². The van der Waals surface area contributed by atoms with Crippen LogP contribution in [0.2, 0.25) is 0 Å². The monoisotopic (exact) mass is 514 g/mol. The zero-order chi connectivity index (χ0) is 23.9. The van der Waals surface area contributed by atoms with Gasteiger partial charge in [-0.25, -0.2) is 0 Å². The zero-order valence-corrected chi connectivity index (χ0v) is 20.6. The fourth-order valence-corrected chi connectivity index (χ4v) is 4.07. The van der Waals surface area contributed by atoms with Crippen LogP contribution >= 0.6 is 15.9 Å². The lowest BCUT2D eigenvalue weighted by Gasteiger charge is -2.25. The molecule has 0 saturated heterocycles. The van der Waals surface area contributed by atoms with Gasteiger partial charge >= 0.3 is 0 Å². The van der Waals surface area contributed by atoms with Crippen LogP contribution in [0.25, 0.3) is 27.5 Å². The number of aromatic nitrogens is 3. The maximum absolute atomic E-state index is 13.1. The number of carbonyl (C=O) groups is 1. The van der Waals surface area contributed by atoms with Crippen molar-refractivity contribution in [2.75, 3.05) is 5.32 Å². The molecule has 0 aliphatic carbocycles. The molecule has 0 aliphatic heterocycles. The minimum absolute atomic E-state index is 0.251.